The predicted octanol–water partition coefficient (Wildman–Crippen LogP) is 1.56. The number of anilines is 1. The lowest BCUT2D eigenvalue weighted by molar-refractivity contribution is 0.0316. The van der Waals surface area contributed by atoms with Gasteiger partial charge in [-0.05, 0) is 11.4 Å². The Hall–Kier alpha value is -1.68. The van der Waals surface area contributed by atoms with Crippen LogP contribution >= 0.6 is 23.1 Å². The molecule has 4 rings (SSSR count). The number of aliphatic hydroxyl groups is 2. The van der Waals surface area contributed by atoms with Gasteiger partial charge in [-0.15, -0.1) is 23.1 Å². The summed E-state index contributed by atoms with van der Waals surface area (Å²) in [6.07, 6.45) is -0.124. The van der Waals surface area contributed by atoms with Crippen molar-refractivity contribution in [2.45, 2.75) is 17.6 Å². The second-order valence-electron chi connectivity index (χ2n) is 5.21. The fourth-order valence-corrected chi connectivity index (χ4v) is 4.75. The average molecular weight is 349 g/mol. The summed E-state index contributed by atoms with van der Waals surface area (Å²) >= 11 is 3.08. The van der Waals surface area contributed by atoms with Crippen molar-refractivity contribution >= 4 is 40.1 Å². The van der Waals surface area contributed by atoms with Gasteiger partial charge in [-0.2, -0.15) is 0 Å². The second kappa shape index (κ2) is 5.75. The van der Waals surface area contributed by atoms with Crippen molar-refractivity contribution in [1.29, 1.82) is 0 Å². The zero-order valence-electron chi connectivity index (χ0n) is 12.2. The smallest absolute Gasteiger partial charge is 0.167 e. The number of thioether (sulfide) groups is 1. The minimum Gasteiger partial charge on any atom is -0.389 e. The van der Waals surface area contributed by atoms with Crippen molar-refractivity contribution in [3.8, 4) is 10.7 Å². The summed E-state index contributed by atoms with van der Waals surface area (Å²) in [6.45, 7) is 0. The highest BCUT2D eigenvalue weighted by Crippen LogP contribution is 2.42. The molecule has 0 spiro atoms. The molecule has 3 N–H and O–H groups in total. The van der Waals surface area contributed by atoms with Crippen LogP contribution in [0.15, 0.2) is 23.8 Å². The van der Waals surface area contributed by atoms with E-state index in [1.54, 1.807) is 18.4 Å². The molecule has 0 unspecified atom stereocenters. The third-order valence-corrected chi connectivity index (χ3v) is 6.06. The van der Waals surface area contributed by atoms with Crippen LogP contribution in [0, 0.1) is 0 Å². The first-order chi connectivity index (χ1) is 11.2. The fraction of sp³-hybridized carbons (Fsp3) is 0.357. The van der Waals surface area contributed by atoms with Crippen LogP contribution in [-0.4, -0.2) is 54.7 Å². The quantitative estimate of drug-likeness (QED) is 0.660. The molecule has 9 heteroatoms. The fourth-order valence-electron chi connectivity index (χ4n) is 2.72. The van der Waals surface area contributed by atoms with Gasteiger partial charge in [0.2, 0.25) is 0 Å². The third kappa shape index (κ3) is 2.31. The number of nitrogens with one attached hydrogen (secondary N) is 1. The molecule has 0 aromatic carbocycles. The van der Waals surface area contributed by atoms with Gasteiger partial charge >= 0.3 is 0 Å². The molecule has 1 aliphatic heterocycles. The highest BCUT2D eigenvalue weighted by Gasteiger charge is 2.38. The molecule has 0 bridgehead atoms. The van der Waals surface area contributed by atoms with Crippen LogP contribution in [-0.2, 0) is 0 Å². The molecule has 0 amide bonds. The van der Waals surface area contributed by atoms with E-state index in [0.717, 1.165) is 10.7 Å². The zero-order chi connectivity index (χ0) is 16.0. The third-order valence-electron chi connectivity index (χ3n) is 3.83. The lowest BCUT2D eigenvalue weighted by Crippen LogP contribution is -2.28. The number of imidazole rings is 1. The summed E-state index contributed by atoms with van der Waals surface area (Å²) in [5.74, 6) is 1.86. The largest absolute Gasteiger partial charge is 0.389 e. The molecule has 1 saturated heterocycles. The lowest BCUT2D eigenvalue weighted by atomic mass is 10.2. The van der Waals surface area contributed by atoms with Crippen LogP contribution < -0.4 is 5.32 Å². The molecule has 1 aliphatic rings. The number of aliphatic hydroxyl groups excluding tert-OH is 2. The van der Waals surface area contributed by atoms with Gasteiger partial charge in [0.1, 0.15) is 17.8 Å². The van der Waals surface area contributed by atoms with E-state index >= 15 is 0 Å². The number of hydrogen-bond donors (Lipinski definition) is 3. The van der Waals surface area contributed by atoms with Crippen LogP contribution in [0.2, 0.25) is 0 Å². The topological polar surface area (TPSA) is 96.1 Å². The first kappa shape index (κ1) is 14.9. The number of hydrogen-bond acceptors (Lipinski definition) is 8. The molecule has 120 valence electrons. The van der Waals surface area contributed by atoms with Crippen molar-refractivity contribution in [2.75, 3.05) is 18.1 Å². The first-order valence-electron chi connectivity index (χ1n) is 7.13. The van der Waals surface area contributed by atoms with Gasteiger partial charge < -0.3 is 15.5 Å². The van der Waals surface area contributed by atoms with Gasteiger partial charge in [-0.25, -0.2) is 15.0 Å². The molecular weight excluding hydrogens is 334 g/mol. The molecule has 3 atom stereocenters. The van der Waals surface area contributed by atoms with E-state index in [2.05, 4.69) is 15.3 Å². The SMILES string of the molecule is CNc1ncnc2c1nc(-c1cccs1)n2[C@@H]1SC[C@@H](O)[C@H]1O. The predicted molar refractivity (Wildman–Crippen MR) is 91.7 cm³/mol. The summed E-state index contributed by atoms with van der Waals surface area (Å²) < 4.78 is 1.91. The maximum Gasteiger partial charge on any atom is 0.167 e. The standard InChI is InChI=1S/C14H15N5O2S2/c1-15-11-9-13(17-6-16-11)19(14-10(21)7(20)5-23-14)12(18-9)8-3-2-4-22-8/h2-4,6-7,10,14,20-21H,5H2,1H3,(H,15,16,17)/t7-,10-,14-/m1/s1. The number of aromatic nitrogens is 4. The van der Waals surface area contributed by atoms with E-state index in [0.29, 0.717) is 22.7 Å². The molecule has 23 heavy (non-hydrogen) atoms. The van der Waals surface area contributed by atoms with Gasteiger partial charge in [-0.1, -0.05) is 6.07 Å². The maximum absolute atomic E-state index is 10.4. The summed E-state index contributed by atoms with van der Waals surface area (Å²) in [6, 6.07) is 3.94. The van der Waals surface area contributed by atoms with Crippen LogP contribution in [0.1, 0.15) is 5.37 Å². The second-order valence-corrected chi connectivity index (χ2v) is 7.31. The highest BCUT2D eigenvalue weighted by molar-refractivity contribution is 7.99. The summed E-state index contributed by atoms with van der Waals surface area (Å²) in [4.78, 5) is 14.3. The summed E-state index contributed by atoms with van der Waals surface area (Å²) in [5.41, 5.74) is 1.31. The van der Waals surface area contributed by atoms with E-state index in [1.807, 2.05) is 22.1 Å². The highest BCUT2D eigenvalue weighted by atomic mass is 32.2. The summed E-state index contributed by atoms with van der Waals surface area (Å²) in [5, 5.41) is 25.0. The Balaban J connectivity index is 1.98. The zero-order valence-corrected chi connectivity index (χ0v) is 13.9. The van der Waals surface area contributed by atoms with E-state index in [4.69, 9.17) is 4.98 Å². The monoisotopic (exact) mass is 349 g/mol. The first-order valence-corrected chi connectivity index (χ1v) is 9.06. The van der Waals surface area contributed by atoms with Crippen molar-refractivity contribution in [3.05, 3.63) is 23.8 Å². The normalized spacial score (nSPS) is 24.4. The number of rotatable bonds is 3. The van der Waals surface area contributed by atoms with Gasteiger partial charge in [0.25, 0.3) is 0 Å². The summed E-state index contributed by atoms with van der Waals surface area (Å²) in [7, 11) is 1.79. The Kier molecular flexibility index (Phi) is 3.72. The number of thiophene rings is 1. The lowest BCUT2D eigenvalue weighted by Gasteiger charge is -2.19. The maximum atomic E-state index is 10.4. The molecule has 3 aromatic heterocycles. The van der Waals surface area contributed by atoms with Crippen molar-refractivity contribution in [1.82, 2.24) is 19.5 Å². The van der Waals surface area contributed by atoms with Gasteiger partial charge in [0.05, 0.1) is 11.0 Å². The van der Waals surface area contributed by atoms with Crippen molar-refractivity contribution < 1.29 is 10.2 Å². The Bertz CT molecular complexity index is 835. The van der Waals surface area contributed by atoms with Gasteiger partial charge in [0.15, 0.2) is 22.8 Å². The molecule has 4 heterocycles. The Morgan fingerprint density at radius 2 is 2.22 bits per heavy atom. The molecule has 7 nitrogen and oxygen atoms in total. The minimum absolute atomic E-state index is 0.327. The molecule has 1 fully saturated rings. The Labute approximate surface area is 140 Å². The minimum atomic E-state index is -0.857. The van der Waals surface area contributed by atoms with Crippen LogP contribution in [0.3, 0.4) is 0 Å². The molecule has 0 saturated carbocycles. The van der Waals surface area contributed by atoms with E-state index in [1.165, 1.54) is 18.1 Å². The van der Waals surface area contributed by atoms with Crippen LogP contribution in [0.4, 0.5) is 5.82 Å². The van der Waals surface area contributed by atoms with E-state index in [9.17, 15) is 10.2 Å². The number of fused-ring (bicyclic) bond motifs is 1. The Morgan fingerprint density at radius 1 is 1.35 bits per heavy atom. The molecular formula is C14H15N5O2S2. The van der Waals surface area contributed by atoms with E-state index in [-0.39, 0.29) is 5.37 Å². The molecule has 3 aromatic rings. The van der Waals surface area contributed by atoms with Gasteiger partial charge in [-0.3, -0.25) is 4.57 Å². The molecule has 0 radical (unpaired) electrons. The van der Waals surface area contributed by atoms with Crippen molar-refractivity contribution in [3.63, 3.8) is 0 Å². The van der Waals surface area contributed by atoms with Crippen LogP contribution in [0.25, 0.3) is 21.9 Å². The average Bonchev–Trinajstić information content (AvgIpc) is 3.27. The molecule has 0 aliphatic carbocycles. The van der Waals surface area contributed by atoms with Crippen LogP contribution in [0.5, 0.6) is 0 Å². The Morgan fingerprint density at radius 3 is 2.87 bits per heavy atom. The van der Waals surface area contributed by atoms with E-state index < -0.39 is 12.2 Å². The van der Waals surface area contributed by atoms with Gasteiger partial charge in [0, 0.05) is 12.8 Å². The van der Waals surface area contributed by atoms with Crippen molar-refractivity contribution in [2.24, 2.45) is 0 Å². The number of nitrogens with zero attached hydrogens (tertiary/aromatic N) is 4.